The molecule has 0 radical (unpaired) electrons. The highest BCUT2D eigenvalue weighted by atomic mass is 35.5. The molecular formula is C18H14Cl3N3O2. The minimum Gasteiger partial charge on any atom is -0.484 e. The van der Waals surface area contributed by atoms with E-state index in [0.717, 1.165) is 5.56 Å². The summed E-state index contributed by atoms with van der Waals surface area (Å²) < 4.78 is 7.03. The van der Waals surface area contributed by atoms with Crippen LogP contribution in [0, 0.1) is 0 Å². The van der Waals surface area contributed by atoms with E-state index in [1.165, 1.54) is 0 Å². The Morgan fingerprint density at radius 1 is 1.00 bits per heavy atom. The number of halogens is 3. The number of anilines is 1. The van der Waals surface area contributed by atoms with E-state index in [4.69, 9.17) is 39.5 Å². The van der Waals surface area contributed by atoms with Gasteiger partial charge < -0.3 is 10.1 Å². The molecule has 0 aliphatic heterocycles. The van der Waals surface area contributed by atoms with Gasteiger partial charge in [-0.05, 0) is 42.0 Å². The van der Waals surface area contributed by atoms with E-state index < -0.39 is 0 Å². The van der Waals surface area contributed by atoms with E-state index >= 15 is 0 Å². The largest absolute Gasteiger partial charge is 0.484 e. The molecule has 0 aliphatic carbocycles. The molecule has 1 heterocycles. The number of ether oxygens (including phenoxy) is 1. The van der Waals surface area contributed by atoms with Gasteiger partial charge in [-0.1, -0.05) is 46.9 Å². The highest BCUT2D eigenvalue weighted by Gasteiger charge is 2.11. The molecule has 0 fully saturated rings. The van der Waals surface area contributed by atoms with E-state index in [0.29, 0.717) is 27.4 Å². The standard InChI is InChI=1S/C18H14Cl3N3O2/c19-13-3-1-12(2-4-13)9-24-10-16(21)18(23-24)22-17(25)11-26-15-7-5-14(20)6-8-15/h1-8,10H,9,11H2,(H,22,23,25). The molecule has 1 N–H and O–H groups in total. The minimum absolute atomic E-state index is 0.165. The number of aromatic nitrogens is 2. The van der Waals surface area contributed by atoms with Crippen molar-refractivity contribution in [1.29, 1.82) is 0 Å². The lowest BCUT2D eigenvalue weighted by atomic mass is 10.2. The van der Waals surface area contributed by atoms with Gasteiger partial charge in [0, 0.05) is 16.2 Å². The Morgan fingerprint density at radius 2 is 1.62 bits per heavy atom. The Bertz CT molecular complexity index is 893. The molecule has 26 heavy (non-hydrogen) atoms. The van der Waals surface area contributed by atoms with E-state index in [9.17, 15) is 4.79 Å². The van der Waals surface area contributed by atoms with Crippen molar-refractivity contribution in [1.82, 2.24) is 9.78 Å². The van der Waals surface area contributed by atoms with Crippen LogP contribution in [0.1, 0.15) is 5.56 Å². The van der Waals surface area contributed by atoms with E-state index in [1.807, 2.05) is 12.1 Å². The summed E-state index contributed by atoms with van der Waals surface area (Å²) in [5.74, 6) is 0.466. The van der Waals surface area contributed by atoms with Gasteiger partial charge in [0.15, 0.2) is 12.4 Å². The highest BCUT2D eigenvalue weighted by molar-refractivity contribution is 6.33. The lowest BCUT2D eigenvalue weighted by Gasteiger charge is -2.06. The lowest BCUT2D eigenvalue weighted by molar-refractivity contribution is -0.118. The summed E-state index contributed by atoms with van der Waals surface area (Å²) in [7, 11) is 0. The van der Waals surface area contributed by atoms with Crippen LogP contribution in [-0.4, -0.2) is 22.3 Å². The van der Waals surface area contributed by atoms with Crippen LogP contribution in [0.3, 0.4) is 0 Å². The first-order valence-corrected chi connectivity index (χ1v) is 8.78. The van der Waals surface area contributed by atoms with Gasteiger partial charge in [-0.25, -0.2) is 0 Å². The number of nitrogens with one attached hydrogen (secondary N) is 1. The molecular weight excluding hydrogens is 397 g/mol. The quantitative estimate of drug-likeness (QED) is 0.628. The molecule has 0 unspecified atom stereocenters. The summed E-state index contributed by atoms with van der Waals surface area (Å²) in [6.07, 6.45) is 1.64. The van der Waals surface area contributed by atoms with Crippen LogP contribution < -0.4 is 10.1 Å². The van der Waals surface area contributed by atoms with Crippen molar-refractivity contribution in [2.24, 2.45) is 0 Å². The van der Waals surface area contributed by atoms with Crippen LogP contribution in [0.4, 0.5) is 5.82 Å². The molecule has 1 amide bonds. The van der Waals surface area contributed by atoms with Crippen LogP contribution in [0.2, 0.25) is 15.1 Å². The van der Waals surface area contributed by atoms with Crippen LogP contribution >= 0.6 is 34.8 Å². The fraction of sp³-hybridized carbons (Fsp3) is 0.111. The number of carbonyl (C=O) groups is 1. The van der Waals surface area contributed by atoms with Crippen LogP contribution in [0.5, 0.6) is 5.75 Å². The minimum atomic E-state index is -0.362. The molecule has 134 valence electrons. The van der Waals surface area contributed by atoms with Gasteiger partial charge in [-0.2, -0.15) is 5.10 Å². The van der Waals surface area contributed by atoms with Gasteiger partial charge in [0.25, 0.3) is 5.91 Å². The molecule has 0 saturated carbocycles. The molecule has 8 heteroatoms. The predicted molar refractivity (Wildman–Crippen MR) is 103 cm³/mol. The summed E-state index contributed by atoms with van der Waals surface area (Å²) >= 11 is 17.8. The first kappa shape index (κ1) is 18.6. The molecule has 1 aromatic heterocycles. The van der Waals surface area contributed by atoms with Crippen molar-refractivity contribution < 1.29 is 9.53 Å². The first-order valence-electron chi connectivity index (χ1n) is 7.65. The van der Waals surface area contributed by atoms with Gasteiger partial charge in [-0.3, -0.25) is 9.48 Å². The van der Waals surface area contributed by atoms with Crippen molar-refractivity contribution in [2.75, 3.05) is 11.9 Å². The van der Waals surface area contributed by atoms with E-state index in [-0.39, 0.29) is 18.3 Å². The fourth-order valence-electron chi connectivity index (χ4n) is 2.19. The van der Waals surface area contributed by atoms with Gasteiger partial charge in [0.05, 0.1) is 6.54 Å². The zero-order chi connectivity index (χ0) is 18.5. The zero-order valence-corrected chi connectivity index (χ0v) is 15.7. The Kier molecular flexibility index (Phi) is 6.04. The summed E-state index contributed by atoms with van der Waals surface area (Å²) in [5.41, 5.74) is 1.01. The molecule has 3 aromatic rings. The average Bonchev–Trinajstić information content (AvgIpc) is 2.95. The summed E-state index contributed by atoms with van der Waals surface area (Å²) in [5, 5.41) is 8.52. The van der Waals surface area contributed by atoms with Crippen LogP contribution in [0.15, 0.2) is 54.7 Å². The van der Waals surface area contributed by atoms with E-state index in [2.05, 4.69) is 10.4 Å². The summed E-state index contributed by atoms with van der Waals surface area (Å²) in [6.45, 7) is 0.343. The predicted octanol–water partition coefficient (Wildman–Crippen LogP) is 4.91. The molecule has 0 aliphatic rings. The zero-order valence-electron chi connectivity index (χ0n) is 13.5. The van der Waals surface area contributed by atoms with Crippen molar-refractivity contribution >= 4 is 46.5 Å². The van der Waals surface area contributed by atoms with Crippen molar-refractivity contribution in [3.63, 3.8) is 0 Å². The molecule has 0 atom stereocenters. The van der Waals surface area contributed by atoms with Crippen LogP contribution in [-0.2, 0) is 11.3 Å². The topological polar surface area (TPSA) is 56.1 Å². The van der Waals surface area contributed by atoms with Gasteiger partial charge in [0.2, 0.25) is 0 Å². The number of nitrogens with zero attached hydrogens (tertiary/aromatic N) is 2. The third kappa shape index (κ3) is 5.14. The monoisotopic (exact) mass is 409 g/mol. The second kappa shape index (κ2) is 8.45. The maximum absolute atomic E-state index is 12.0. The van der Waals surface area contributed by atoms with Crippen molar-refractivity contribution in [3.05, 3.63) is 75.4 Å². The van der Waals surface area contributed by atoms with Crippen molar-refractivity contribution in [3.8, 4) is 5.75 Å². The Labute approximate surface area is 165 Å². The number of rotatable bonds is 6. The molecule has 0 spiro atoms. The number of amides is 1. The van der Waals surface area contributed by atoms with E-state index in [1.54, 1.807) is 47.3 Å². The maximum atomic E-state index is 12.0. The Hall–Kier alpha value is -2.21. The summed E-state index contributed by atoms with van der Waals surface area (Å²) in [4.78, 5) is 12.0. The Balaban J connectivity index is 1.57. The first-order chi connectivity index (χ1) is 12.5. The third-order valence-electron chi connectivity index (χ3n) is 3.42. The normalized spacial score (nSPS) is 10.6. The number of benzene rings is 2. The fourth-order valence-corrected chi connectivity index (χ4v) is 2.64. The van der Waals surface area contributed by atoms with Gasteiger partial charge in [-0.15, -0.1) is 0 Å². The molecule has 2 aromatic carbocycles. The summed E-state index contributed by atoms with van der Waals surface area (Å²) in [6, 6.07) is 14.1. The third-order valence-corrected chi connectivity index (χ3v) is 4.20. The number of hydrogen-bond acceptors (Lipinski definition) is 3. The Morgan fingerprint density at radius 3 is 2.27 bits per heavy atom. The molecule has 0 saturated heterocycles. The lowest BCUT2D eigenvalue weighted by Crippen LogP contribution is -2.20. The van der Waals surface area contributed by atoms with Gasteiger partial charge in [0.1, 0.15) is 10.8 Å². The number of carbonyl (C=O) groups excluding carboxylic acids is 1. The van der Waals surface area contributed by atoms with Gasteiger partial charge >= 0.3 is 0 Å². The maximum Gasteiger partial charge on any atom is 0.263 e. The van der Waals surface area contributed by atoms with Crippen molar-refractivity contribution in [2.45, 2.75) is 6.54 Å². The second-order valence-corrected chi connectivity index (χ2v) is 6.72. The molecule has 0 bridgehead atoms. The molecule has 3 rings (SSSR count). The van der Waals surface area contributed by atoms with Crippen LogP contribution in [0.25, 0.3) is 0 Å². The molecule has 5 nitrogen and oxygen atoms in total. The average molecular weight is 411 g/mol. The number of hydrogen-bond donors (Lipinski definition) is 1. The second-order valence-electron chi connectivity index (χ2n) is 5.44. The highest BCUT2D eigenvalue weighted by Crippen LogP contribution is 2.21. The SMILES string of the molecule is O=C(COc1ccc(Cl)cc1)Nc1nn(Cc2ccc(Cl)cc2)cc1Cl. The smallest absolute Gasteiger partial charge is 0.263 e.